The molecule has 0 radical (unpaired) electrons. The van der Waals surface area contributed by atoms with E-state index in [1.54, 1.807) is 6.07 Å². The molecular formula is C19H23N5O6. The third-order valence-corrected chi connectivity index (χ3v) is 4.45. The minimum atomic E-state index is -1.00. The molecule has 11 heteroatoms. The van der Waals surface area contributed by atoms with E-state index in [1.807, 2.05) is 25.1 Å². The number of benzene rings is 1. The summed E-state index contributed by atoms with van der Waals surface area (Å²) in [6.07, 6.45) is -1.17. The van der Waals surface area contributed by atoms with Crippen molar-refractivity contribution in [2.24, 2.45) is 7.05 Å². The Bertz CT molecular complexity index is 1180. The van der Waals surface area contributed by atoms with E-state index in [4.69, 9.17) is 9.84 Å². The molecule has 160 valence electrons. The summed E-state index contributed by atoms with van der Waals surface area (Å²) in [5.41, 5.74) is -0.0610. The molecule has 30 heavy (non-hydrogen) atoms. The van der Waals surface area contributed by atoms with Crippen molar-refractivity contribution in [2.45, 2.75) is 26.0 Å². The molecule has 0 aliphatic heterocycles. The first kappa shape index (κ1) is 21.1. The van der Waals surface area contributed by atoms with Gasteiger partial charge in [0.15, 0.2) is 11.2 Å². The second-order valence-electron chi connectivity index (χ2n) is 6.89. The van der Waals surface area contributed by atoms with Gasteiger partial charge in [0.05, 0.1) is 13.0 Å². The topological polar surface area (TPSA) is 151 Å². The Balaban J connectivity index is 1.87. The van der Waals surface area contributed by atoms with Crippen LogP contribution >= 0.6 is 0 Å². The van der Waals surface area contributed by atoms with Crippen LogP contribution in [-0.2, 0) is 18.4 Å². The zero-order valence-corrected chi connectivity index (χ0v) is 16.6. The number of aromatic nitrogens is 4. The number of anilines is 1. The van der Waals surface area contributed by atoms with Crippen molar-refractivity contribution >= 4 is 23.1 Å². The molecule has 3 rings (SSSR count). The van der Waals surface area contributed by atoms with Crippen LogP contribution in [0.15, 0.2) is 33.9 Å². The van der Waals surface area contributed by atoms with Crippen molar-refractivity contribution < 1.29 is 19.7 Å². The highest BCUT2D eigenvalue weighted by Crippen LogP contribution is 2.17. The molecule has 0 amide bonds. The molecule has 0 aliphatic carbocycles. The maximum atomic E-state index is 12.4. The summed E-state index contributed by atoms with van der Waals surface area (Å²) in [5, 5.41) is 22.2. The molecule has 0 unspecified atom stereocenters. The minimum Gasteiger partial charge on any atom is -0.491 e. The normalized spacial score (nSPS) is 12.1. The average Bonchev–Trinajstić information content (AvgIpc) is 3.03. The van der Waals surface area contributed by atoms with Crippen molar-refractivity contribution in [1.29, 1.82) is 0 Å². The molecule has 11 nitrogen and oxygen atoms in total. The van der Waals surface area contributed by atoms with Crippen LogP contribution in [0.25, 0.3) is 11.2 Å². The van der Waals surface area contributed by atoms with Crippen LogP contribution in [0, 0.1) is 6.92 Å². The number of aryl methyl sites for hydroxylation is 2. The van der Waals surface area contributed by atoms with Crippen LogP contribution in [0.1, 0.15) is 12.0 Å². The number of aliphatic hydroxyl groups excluding tert-OH is 1. The van der Waals surface area contributed by atoms with E-state index in [9.17, 15) is 19.5 Å². The van der Waals surface area contributed by atoms with Gasteiger partial charge in [0, 0.05) is 13.6 Å². The van der Waals surface area contributed by atoms with Gasteiger partial charge in [-0.1, -0.05) is 12.1 Å². The fourth-order valence-electron chi connectivity index (χ4n) is 2.99. The Hall–Kier alpha value is -3.60. The Morgan fingerprint density at radius 1 is 1.37 bits per heavy atom. The van der Waals surface area contributed by atoms with Crippen molar-refractivity contribution in [3.63, 3.8) is 0 Å². The molecule has 4 N–H and O–H groups in total. The number of carboxylic acid groups (broad SMARTS) is 1. The number of ether oxygens (including phenoxy) is 1. The highest BCUT2D eigenvalue weighted by molar-refractivity contribution is 5.74. The lowest BCUT2D eigenvalue weighted by atomic mass is 10.2. The zero-order chi connectivity index (χ0) is 21.8. The Morgan fingerprint density at radius 2 is 2.13 bits per heavy atom. The van der Waals surface area contributed by atoms with Gasteiger partial charge in [0.25, 0.3) is 5.56 Å². The van der Waals surface area contributed by atoms with Gasteiger partial charge in [-0.25, -0.2) is 4.79 Å². The van der Waals surface area contributed by atoms with E-state index in [2.05, 4.69) is 15.3 Å². The third kappa shape index (κ3) is 4.69. The highest BCUT2D eigenvalue weighted by Gasteiger charge is 2.20. The summed E-state index contributed by atoms with van der Waals surface area (Å²) in [5.74, 6) is -0.223. The van der Waals surface area contributed by atoms with Crippen LogP contribution in [0.4, 0.5) is 5.95 Å². The van der Waals surface area contributed by atoms with Gasteiger partial charge in [-0.3, -0.25) is 19.1 Å². The smallest absolute Gasteiger partial charge is 0.329 e. The number of carbonyl (C=O) groups is 1. The molecule has 0 saturated carbocycles. The second-order valence-corrected chi connectivity index (χ2v) is 6.89. The first-order chi connectivity index (χ1) is 14.3. The average molecular weight is 417 g/mol. The summed E-state index contributed by atoms with van der Waals surface area (Å²) in [6.45, 7) is 1.88. The number of fused-ring (bicyclic) bond motifs is 1. The summed E-state index contributed by atoms with van der Waals surface area (Å²) in [6, 6.07) is 7.36. The fraction of sp³-hybridized carbons (Fsp3) is 0.368. The fourth-order valence-corrected chi connectivity index (χ4v) is 2.99. The van der Waals surface area contributed by atoms with Gasteiger partial charge < -0.3 is 24.8 Å². The SMILES string of the molecule is Cc1cccc(OC[C@@H](O)Cn2c(NCCC(=O)O)nc3c2c(=O)[nH]c(=O)n3C)c1. The Kier molecular flexibility index (Phi) is 6.21. The first-order valence-electron chi connectivity index (χ1n) is 9.29. The van der Waals surface area contributed by atoms with E-state index in [0.29, 0.717) is 5.75 Å². The van der Waals surface area contributed by atoms with Crippen molar-refractivity contribution in [2.75, 3.05) is 18.5 Å². The van der Waals surface area contributed by atoms with Crippen LogP contribution in [-0.4, -0.2) is 54.5 Å². The number of aliphatic hydroxyl groups is 1. The standard InChI is InChI=1S/C19H23N5O6/c1-11-4-3-5-13(8-11)30-10-12(25)9-24-15-16(23(2)19(29)22-17(15)28)21-18(24)20-7-6-14(26)27/h3-5,8,12,25H,6-7,9-10H2,1-2H3,(H,20,21)(H,26,27)(H,22,28,29)/t12-/m0/s1. The van der Waals surface area contributed by atoms with Gasteiger partial charge in [-0.05, 0) is 24.6 Å². The zero-order valence-electron chi connectivity index (χ0n) is 16.6. The third-order valence-electron chi connectivity index (χ3n) is 4.45. The highest BCUT2D eigenvalue weighted by atomic mass is 16.5. The number of aliphatic carboxylic acids is 1. The quantitative estimate of drug-likeness (QED) is 0.381. The lowest BCUT2D eigenvalue weighted by molar-refractivity contribution is -0.136. The predicted octanol–water partition coefficient (Wildman–Crippen LogP) is 0.0582. The van der Waals surface area contributed by atoms with E-state index in [0.717, 1.165) is 5.56 Å². The number of nitrogens with one attached hydrogen (secondary N) is 2. The molecule has 3 aromatic rings. The second kappa shape index (κ2) is 8.82. The van der Waals surface area contributed by atoms with Crippen LogP contribution in [0.5, 0.6) is 5.75 Å². The van der Waals surface area contributed by atoms with Gasteiger partial charge >= 0.3 is 11.7 Å². The number of carboxylic acids is 1. The number of H-pyrrole nitrogens is 1. The number of hydrogen-bond acceptors (Lipinski definition) is 7. The molecule has 1 atom stereocenters. The number of imidazole rings is 1. The van der Waals surface area contributed by atoms with Gasteiger partial charge in [-0.15, -0.1) is 0 Å². The van der Waals surface area contributed by atoms with Crippen molar-refractivity contribution in [3.05, 3.63) is 50.7 Å². The maximum absolute atomic E-state index is 12.4. The Morgan fingerprint density at radius 3 is 2.83 bits per heavy atom. The monoisotopic (exact) mass is 417 g/mol. The lowest BCUT2D eigenvalue weighted by Gasteiger charge is -2.16. The number of rotatable bonds is 9. The summed E-state index contributed by atoms with van der Waals surface area (Å²) >= 11 is 0. The molecule has 0 spiro atoms. The van der Waals surface area contributed by atoms with Gasteiger partial charge in [0.1, 0.15) is 18.5 Å². The predicted molar refractivity (Wildman–Crippen MR) is 109 cm³/mol. The van der Waals surface area contributed by atoms with Crippen molar-refractivity contribution in [1.82, 2.24) is 19.1 Å². The van der Waals surface area contributed by atoms with E-state index in [1.165, 1.54) is 16.2 Å². The molecule has 0 fully saturated rings. The molecule has 0 aliphatic rings. The number of hydrogen-bond donors (Lipinski definition) is 4. The number of aromatic amines is 1. The van der Waals surface area contributed by atoms with Crippen LogP contribution in [0.3, 0.4) is 0 Å². The summed E-state index contributed by atoms with van der Waals surface area (Å²) in [4.78, 5) is 41.5. The summed E-state index contributed by atoms with van der Waals surface area (Å²) < 4.78 is 8.20. The van der Waals surface area contributed by atoms with E-state index >= 15 is 0 Å². The minimum absolute atomic E-state index is 0.0403. The van der Waals surface area contributed by atoms with E-state index in [-0.39, 0.29) is 43.2 Å². The molecular weight excluding hydrogens is 394 g/mol. The van der Waals surface area contributed by atoms with Crippen LogP contribution < -0.4 is 21.3 Å². The maximum Gasteiger partial charge on any atom is 0.329 e. The largest absolute Gasteiger partial charge is 0.491 e. The molecule has 0 saturated heterocycles. The van der Waals surface area contributed by atoms with Crippen LogP contribution in [0.2, 0.25) is 0 Å². The van der Waals surface area contributed by atoms with E-state index < -0.39 is 23.3 Å². The van der Waals surface area contributed by atoms with Gasteiger partial charge in [0.2, 0.25) is 5.95 Å². The number of nitrogens with zero attached hydrogens (tertiary/aromatic N) is 3. The van der Waals surface area contributed by atoms with Crippen molar-refractivity contribution in [3.8, 4) is 5.75 Å². The molecule has 0 bridgehead atoms. The summed E-state index contributed by atoms with van der Waals surface area (Å²) in [7, 11) is 1.45. The molecule has 2 aromatic heterocycles. The van der Waals surface area contributed by atoms with Gasteiger partial charge in [-0.2, -0.15) is 4.98 Å². The lowest BCUT2D eigenvalue weighted by Crippen LogP contribution is -2.31. The molecule has 1 aromatic carbocycles. The molecule has 2 heterocycles. The Labute approximate surface area is 170 Å². The first-order valence-corrected chi connectivity index (χ1v) is 9.29.